The van der Waals surface area contributed by atoms with Crippen LogP contribution in [0.1, 0.15) is 11.3 Å². The number of hydrogen-bond donors (Lipinski definition) is 1. The number of rotatable bonds is 6. The number of benzene rings is 2. The summed E-state index contributed by atoms with van der Waals surface area (Å²) in [6.45, 7) is 6.38. The molecule has 0 aliphatic heterocycles. The SMILES string of the molecule is CN(C)/C=N/S(=O)(=O)c1cc(NC(=O)Cc2ccccc2Cl)cc2nc(C#C[Si](C)(C)C)ccc12. The van der Waals surface area contributed by atoms with Crippen LogP contribution in [0.5, 0.6) is 0 Å². The fourth-order valence-electron chi connectivity index (χ4n) is 3.04. The fourth-order valence-corrected chi connectivity index (χ4v) is 4.90. The molecule has 0 radical (unpaired) electrons. The number of nitrogens with one attached hydrogen (secondary N) is 1. The molecular weight excluding hydrogens is 500 g/mol. The van der Waals surface area contributed by atoms with Crippen LogP contribution in [0.3, 0.4) is 0 Å². The Morgan fingerprint density at radius 3 is 2.54 bits per heavy atom. The van der Waals surface area contributed by atoms with Gasteiger partial charge in [0.1, 0.15) is 25.0 Å². The third-order valence-corrected chi connectivity index (χ3v) is 7.13. The summed E-state index contributed by atoms with van der Waals surface area (Å²) in [5, 5.41) is 3.64. The van der Waals surface area contributed by atoms with Gasteiger partial charge in [-0.25, -0.2) is 4.98 Å². The zero-order valence-electron chi connectivity index (χ0n) is 20.3. The zero-order valence-corrected chi connectivity index (χ0v) is 22.8. The van der Waals surface area contributed by atoms with Gasteiger partial charge in [-0.05, 0) is 35.9 Å². The average Bonchev–Trinajstić information content (AvgIpc) is 2.76. The van der Waals surface area contributed by atoms with E-state index in [0.29, 0.717) is 27.2 Å². The Hall–Kier alpha value is -3.19. The summed E-state index contributed by atoms with van der Waals surface area (Å²) in [6.07, 6.45) is 1.25. The van der Waals surface area contributed by atoms with Crippen molar-refractivity contribution in [2.45, 2.75) is 31.0 Å². The summed E-state index contributed by atoms with van der Waals surface area (Å²) in [5.74, 6) is 2.75. The van der Waals surface area contributed by atoms with Crippen molar-refractivity contribution in [3.63, 3.8) is 0 Å². The van der Waals surface area contributed by atoms with Gasteiger partial charge in [0.25, 0.3) is 10.0 Å². The quantitative estimate of drug-likeness (QED) is 0.220. The Kier molecular flexibility index (Phi) is 8.00. The second-order valence-corrected chi connectivity index (χ2v) is 16.0. The van der Waals surface area contributed by atoms with Crippen molar-refractivity contribution in [3.05, 3.63) is 64.8 Å². The molecule has 0 saturated carbocycles. The number of pyridine rings is 1. The first-order chi connectivity index (χ1) is 16.3. The molecule has 0 atom stereocenters. The van der Waals surface area contributed by atoms with Crippen molar-refractivity contribution in [3.8, 4) is 11.5 Å². The van der Waals surface area contributed by atoms with Gasteiger partial charge >= 0.3 is 0 Å². The molecule has 0 unspecified atom stereocenters. The first-order valence-corrected chi connectivity index (χ1v) is 16.1. The number of carbonyl (C=O) groups excluding carboxylic acids is 1. The van der Waals surface area contributed by atoms with E-state index in [1.165, 1.54) is 17.3 Å². The van der Waals surface area contributed by atoms with E-state index in [1.807, 2.05) is 0 Å². The van der Waals surface area contributed by atoms with Crippen molar-refractivity contribution in [1.29, 1.82) is 0 Å². The summed E-state index contributed by atoms with van der Waals surface area (Å²) < 4.78 is 29.9. The molecule has 35 heavy (non-hydrogen) atoms. The lowest BCUT2D eigenvalue weighted by molar-refractivity contribution is -0.115. The third-order valence-electron chi connectivity index (χ3n) is 4.62. The highest BCUT2D eigenvalue weighted by Crippen LogP contribution is 2.28. The molecule has 1 amide bonds. The number of nitrogens with zero attached hydrogens (tertiary/aromatic N) is 3. The molecule has 3 rings (SSSR count). The number of amides is 1. The van der Waals surface area contributed by atoms with Crippen molar-refractivity contribution in [2.75, 3.05) is 19.4 Å². The molecule has 7 nitrogen and oxygen atoms in total. The minimum absolute atomic E-state index is 0.0354. The monoisotopic (exact) mass is 526 g/mol. The number of anilines is 1. The molecule has 10 heteroatoms. The molecule has 0 aliphatic carbocycles. The summed E-state index contributed by atoms with van der Waals surface area (Å²) in [4.78, 5) is 18.8. The van der Waals surface area contributed by atoms with E-state index in [-0.39, 0.29) is 22.9 Å². The number of aromatic nitrogens is 1. The Bertz CT molecular complexity index is 1470. The maximum absolute atomic E-state index is 13.1. The van der Waals surface area contributed by atoms with Gasteiger partial charge in [0.2, 0.25) is 5.91 Å². The van der Waals surface area contributed by atoms with Crippen LogP contribution in [0.15, 0.2) is 57.8 Å². The van der Waals surface area contributed by atoms with Crippen LogP contribution in [0.2, 0.25) is 24.7 Å². The maximum Gasteiger partial charge on any atom is 0.284 e. The molecule has 182 valence electrons. The zero-order chi connectivity index (χ0) is 25.8. The molecule has 1 heterocycles. The molecule has 3 aromatic rings. The second-order valence-electron chi connectivity index (χ2n) is 9.21. The van der Waals surface area contributed by atoms with E-state index in [1.54, 1.807) is 56.6 Å². The van der Waals surface area contributed by atoms with Gasteiger partial charge in [0.05, 0.1) is 11.9 Å². The van der Waals surface area contributed by atoms with Crippen LogP contribution in [0.4, 0.5) is 5.69 Å². The van der Waals surface area contributed by atoms with Crippen molar-refractivity contribution in [1.82, 2.24) is 9.88 Å². The number of fused-ring (bicyclic) bond motifs is 1. The van der Waals surface area contributed by atoms with Crippen LogP contribution in [-0.4, -0.2) is 52.7 Å². The Morgan fingerprint density at radius 2 is 1.89 bits per heavy atom. The van der Waals surface area contributed by atoms with Gasteiger partial charge in [0, 0.05) is 30.2 Å². The maximum atomic E-state index is 13.1. The van der Waals surface area contributed by atoms with Crippen LogP contribution in [-0.2, 0) is 21.2 Å². The normalized spacial score (nSPS) is 11.8. The molecule has 0 bridgehead atoms. The molecule has 0 saturated heterocycles. The predicted molar refractivity (Wildman–Crippen MR) is 145 cm³/mol. The molecular formula is C25H27ClN4O3SSi. The van der Waals surface area contributed by atoms with E-state index >= 15 is 0 Å². The minimum Gasteiger partial charge on any atom is -0.368 e. The first-order valence-electron chi connectivity index (χ1n) is 10.8. The van der Waals surface area contributed by atoms with E-state index in [4.69, 9.17) is 11.6 Å². The summed E-state index contributed by atoms with van der Waals surface area (Å²) in [7, 11) is -2.35. The third kappa shape index (κ3) is 7.39. The van der Waals surface area contributed by atoms with Crippen molar-refractivity contribution < 1.29 is 13.2 Å². The van der Waals surface area contributed by atoms with Crippen molar-refractivity contribution >= 4 is 58.5 Å². The molecule has 0 aliphatic rings. The highest BCUT2D eigenvalue weighted by Gasteiger charge is 2.20. The van der Waals surface area contributed by atoms with E-state index in [9.17, 15) is 13.2 Å². The van der Waals surface area contributed by atoms with Gasteiger partial charge in [-0.15, -0.1) is 9.94 Å². The number of halogens is 1. The van der Waals surface area contributed by atoms with Crippen LogP contribution < -0.4 is 5.32 Å². The minimum atomic E-state index is -4.07. The van der Waals surface area contributed by atoms with Gasteiger partial charge in [-0.3, -0.25) is 4.79 Å². The Balaban J connectivity index is 2.08. The lowest BCUT2D eigenvalue weighted by Crippen LogP contribution is -2.16. The Labute approximate surface area is 212 Å². The topological polar surface area (TPSA) is 91.7 Å². The van der Waals surface area contributed by atoms with Gasteiger partial charge in [-0.1, -0.05) is 55.4 Å². The van der Waals surface area contributed by atoms with Gasteiger partial charge in [0.15, 0.2) is 0 Å². The average molecular weight is 527 g/mol. The Morgan fingerprint density at radius 1 is 1.17 bits per heavy atom. The molecule has 0 spiro atoms. The number of hydrogen-bond acceptors (Lipinski definition) is 4. The standard InChI is InChI=1S/C25H27ClN4O3SSi/c1-30(2)17-27-34(32,33)24-16-20(29-25(31)14-18-8-6-7-9-22(18)26)15-23-21(24)11-10-19(28-23)12-13-35(3,4)5/h6-11,15-17H,14H2,1-5H3,(H,29,31)/b27-17+. The highest BCUT2D eigenvalue weighted by atomic mass is 35.5. The first kappa shape index (κ1) is 26.4. The summed E-state index contributed by atoms with van der Waals surface area (Å²) >= 11 is 6.17. The second kappa shape index (κ2) is 10.6. The number of carbonyl (C=O) groups is 1. The number of sulfonamides is 1. The van der Waals surface area contributed by atoms with Crippen LogP contribution in [0, 0.1) is 11.5 Å². The van der Waals surface area contributed by atoms with Crippen LogP contribution in [0.25, 0.3) is 10.9 Å². The van der Waals surface area contributed by atoms with Gasteiger partial charge < -0.3 is 10.2 Å². The lowest BCUT2D eigenvalue weighted by atomic mass is 10.1. The largest absolute Gasteiger partial charge is 0.368 e. The fraction of sp³-hybridized carbons (Fsp3) is 0.240. The lowest BCUT2D eigenvalue weighted by Gasteiger charge is -2.11. The molecule has 1 N–H and O–H groups in total. The van der Waals surface area contributed by atoms with Gasteiger partial charge in [-0.2, -0.15) is 8.42 Å². The van der Waals surface area contributed by atoms with Crippen LogP contribution >= 0.6 is 11.6 Å². The summed E-state index contributed by atoms with van der Waals surface area (Å²) in [5.41, 5.74) is 5.13. The van der Waals surface area contributed by atoms with E-state index in [0.717, 1.165) is 0 Å². The molecule has 1 aromatic heterocycles. The smallest absolute Gasteiger partial charge is 0.284 e. The highest BCUT2D eigenvalue weighted by molar-refractivity contribution is 7.90. The van der Waals surface area contributed by atoms with E-state index in [2.05, 4.69) is 45.8 Å². The molecule has 2 aromatic carbocycles. The van der Waals surface area contributed by atoms with Crippen molar-refractivity contribution in [2.24, 2.45) is 4.40 Å². The molecule has 0 fully saturated rings. The van der Waals surface area contributed by atoms with E-state index < -0.39 is 18.1 Å². The summed E-state index contributed by atoms with van der Waals surface area (Å²) in [6, 6.07) is 13.4. The predicted octanol–water partition coefficient (Wildman–Crippen LogP) is 4.58.